The summed E-state index contributed by atoms with van der Waals surface area (Å²) in [5, 5.41) is 2.54. The summed E-state index contributed by atoms with van der Waals surface area (Å²) < 4.78 is 0. The predicted octanol–water partition coefficient (Wildman–Crippen LogP) is 0.738. The summed E-state index contributed by atoms with van der Waals surface area (Å²) in [6, 6.07) is 0. The standard InChI is InChI=1S/C8H15NO2/c1-3-8(11)4-7(2)5-9-6-10/h6-7H,3-5H2,1-2H3,(H,9,10). The maximum absolute atomic E-state index is 10.9. The van der Waals surface area contributed by atoms with E-state index >= 15 is 0 Å². The second kappa shape index (κ2) is 5.89. The molecule has 0 aromatic carbocycles. The van der Waals surface area contributed by atoms with E-state index in [4.69, 9.17) is 0 Å². The third-order valence-electron chi connectivity index (χ3n) is 1.52. The van der Waals surface area contributed by atoms with Crippen LogP contribution in [0.5, 0.6) is 0 Å². The smallest absolute Gasteiger partial charge is 0.207 e. The van der Waals surface area contributed by atoms with Crippen LogP contribution >= 0.6 is 0 Å². The predicted molar refractivity (Wildman–Crippen MR) is 43.1 cm³/mol. The van der Waals surface area contributed by atoms with Crippen molar-refractivity contribution in [2.24, 2.45) is 5.92 Å². The number of carbonyl (C=O) groups is 2. The van der Waals surface area contributed by atoms with Crippen LogP contribution in [0.15, 0.2) is 0 Å². The second-order valence-corrected chi connectivity index (χ2v) is 2.73. The lowest BCUT2D eigenvalue weighted by atomic mass is 10.0. The summed E-state index contributed by atoms with van der Waals surface area (Å²) in [6.45, 7) is 4.39. The van der Waals surface area contributed by atoms with Crippen molar-refractivity contribution in [3.8, 4) is 0 Å². The van der Waals surface area contributed by atoms with Gasteiger partial charge >= 0.3 is 0 Å². The van der Waals surface area contributed by atoms with Gasteiger partial charge in [-0.3, -0.25) is 9.59 Å². The average molecular weight is 157 g/mol. The molecule has 0 spiro atoms. The molecule has 0 radical (unpaired) electrons. The van der Waals surface area contributed by atoms with E-state index in [0.717, 1.165) is 0 Å². The average Bonchev–Trinajstić information content (AvgIpc) is 2.00. The number of amides is 1. The minimum absolute atomic E-state index is 0.255. The zero-order chi connectivity index (χ0) is 8.69. The molecule has 0 bridgehead atoms. The maximum atomic E-state index is 10.9. The van der Waals surface area contributed by atoms with Crippen LogP contribution in [0.2, 0.25) is 0 Å². The van der Waals surface area contributed by atoms with Crippen LogP contribution in [0.1, 0.15) is 26.7 Å². The van der Waals surface area contributed by atoms with Gasteiger partial charge in [0.2, 0.25) is 6.41 Å². The molecule has 3 nitrogen and oxygen atoms in total. The van der Waals surface area contributed by atoms with Gasteiger partial charge in [-0.25, -0.2) is 0 Å². The number of rotatable bonds is 6. The molecule has 1 N–H and O–H groups in total. The molecule has 0 saturated carbocycles. The fourth-order valence-corrected chi connectivity index (χ4v) is 0.854. The Balaban J connectivity index is 3.42. The highest BCUT2D eigenvalue weighted by Crippen LogP contribution is 2.02. The molecule has 0 saturated heterocycles. The second-order valence-electron chi connectivity index (χ2n) is 2.73. The number of ketones is 1. The zero-order valence-electron chi connectivity index (χ0n) is 7.09. The van der Waals surface area contributed by atoms with E-state index in [-0.39, 0.29) is 11.7 Å². The lowest BCUT2D eigenvalue weighted by Gasteiger charge is -2.07. The monoisotopic (exact) mass is 157 g/mol. The Morgan fingerprint density at radius 2 is 2.27 bits per heavy atom. The quantitative estimate of drug-likeness (QED) is 0.578. The molecule has 1 unspecified atom stereocenters. The SMILES string of the molecule is CCC(=O)CC(C)CNC=O. The van der Waals surface area contributed by atoms with Crippen molar-refractivity contribution in [3.05, 3.63) is 0 Å². The Bertz CT molecular complexity index is 134. The van der Waals surface area contributed by atoms with Crippen molar-refractivity contribution in [1.29, 1.82) is 0 Å². The molecule has 0 aliphatic rings. The Morgan fingerprint density at radius 1 is 1.64 bits per heavy atom. The van der Waals surface area contributed by atoms with Crippen molar-refractivity contribution in [2.45, 2.75) is 26.7 Å². The van der Waals surface area contributed by atoms with Gasteiger partial charge in [0.25, 0.3) is 0 Å². The fourth-order valence-electron chi connectivity index (χ4n) is 0.854. The van der Waals surface area contributed by atoms with Gasteiger partial charge in [0.05, 0.1) is 0 Å². The lowest BCUT2D eigenvalue weighted by molar-refractivity contribution is -0.119. The molecule has 0 aliphatic heterocycles. The topological polar surface area (TPSA) is 46.2 Å². The van der Waals surface area contributed by atoms with Crippen LogP contribution in [-0.4, -0.2) is 18.7 Å². The van der Waals surface area contributed by atoms with Crippen molar-refractivity contribution < 1.29 is 9.59 Å². The molecule has 0 aliphatic carbocycles. The largest absolute Gasteiger partial charge is 0.358 e. The van der Waals surface area contributed by atoms with E-state index in [9.17, 15) is 9.59 Å². The first-order valence-corrected chi connectivity index (χ1v) is 3.89. The van der Waals surface area contributed by atoms with Crippen LogP contribution in [0.4, 0.5) is 0 Å². The highest BCUT2D eigenvalue weighted by atomic mass is 16.1. The van der Waals surface area contributed by atoms with Gasteiger partial charge in [0, 0.05) is 19.4 Å². The molecule has 0 aromatic rings. The molecule has 1 atom stereocenters. The molecule has 64 valence electrons. The van der Waals surface area contributed by atoms with Gasteiger partial charge in [-0.1, -0.05) is 13.8 Å². The molecular formula is C8H15NO2. The summed E-state index contributed by atoms with van der Waals surface area (Å²) in [4.78, 5) is 20.7. The van der Waals surface area contributed by atoms with E-state index in [0.29, 0.717) is 25.8 Å². The van der Waals surface area contributed by atoms with Crippen molar-refractivity contribution >= 4 is 12.2 Å². The number of hydrogen-bond donors (Lipinski definition) is 1. The first-order chi connectivity index (χ1) is 5.20. The van der Waals surface area contributed by atoms with Crippen LogP contribution in [0.3, 0.4) is 0 Å². The van der Waals surface area contributed by atoms with Gasteiger partial charge < -0.3 is 5.32 Å². The van der Waals surface area contributed by atoms with E-state index in [1.165, 1.54) is 0 Å². The van der Waals surface area contributed by atoms with E-state index in [1.54, 1.807) is 0 Å². The summed E-state index contributed by atoms with van der Waals surface area (Å²) >= 11 is 0. The van der Waals surface area contributed by atoms with Crippen LogP contribution in [0.25, 0.3) is 0 Å². The highest BCUT2D eigenvalue weighted by Gasteiger charge is 2.05. The first kappa shape index (κ1) is 10.1. The van der Waals surface area contributed by atoms with E-state index in [2.05, 4.69) is 5.32 Å². The number of hydrogen-bond acceptors (Lipinski definition) is 2. The van der Waals surface area contributed by atoms with Crippen LogP contribution in [-0.2, 0) is 9.59 Å². The fraction of sp³-hybridized carbons (Fsp3) is 0.750. The zero-order valence-corrected chi connectivity index (χ0v) is 7.09. The van der Waals surface area contributed by atoms with Gasteiger partial charge in [0.1, 0.15) is 5.78 Å². The van der Waals surface area contributed by atoms with Crippen molar-refractivity contribution in [1.82, 2.24) is 5.32 Å². The summed E-state index contributed by atoms with van der Waals surface area (Å²) in [5.41, 5.74) is 0. The molecule has 0 aromatic heterocycles. The summed E-state index contributed by atoms with van der Waals surface area (Å²) in [5.74, 6) is 0.512. The van der Waals surface area contributed by atoms with Gasteiger partial charge in [-0.15, -0.1) is 0 Å². The Labute approximate surface area is 67.2 Å². The Kier molecular flexibility index (Phi) is 5.43. The Morgan fingerprint density at radius 3 is 2.73 bits per heavy atom. The minimum Gasteiger partial charge on any atom is -0.358 e. The van der Waals surface area contributed by atoms with E-state index < -0.39 is 0 Å². The molecule has 11 heavy (non-hydrogen) atoms. The number of carbonyl (C=O) groups excluding carboxylic acids is 2. The first-order valence-electron chi connectivity index (χ1n) is 3.89. The molecule has 0 rings (SSSR count). The van der Waals surface area contributed by atoms with Gasteiger partial charge in [0.15, 0.2) is 0 Å². The van der Waals surface area contributed by atoms with Crippen LogP contribution < -0.4 is 5.32 Å². The van der Waals surface area contributed by atoms with Crippen molar-refractivity contribution in [3.63, 3.8) is 0 Å². The van der Waals surface area contributed by atoms with E-state index in [1.807, 2.05) is 13.8 Å². The van der Waals surface area contributed by atoms with Gasteiger partial charge in [-0.05, 0) is 5.92 Å². The number of Topliss-reactive ketones (excluding diaryl/α,β-unsaturated/α-hetero) is 1. The molecule has 1 amide bonds. The van der Waals surface area contributed by atoms with Crippen LogP contribution in [0, 0.1) is 5.92 Å². The summed E-state index contributed by atoms with van der Waals surface area (Å²) in [7, 11) is 0. The number of nitrogens with one attached hydrogen (secondary N) is 1. The molecule has 0 fully saturated rings. The lowest BCUT2D eigenvalue weighted by Crippen LogP contribution is -2.21. The van der Waals surface area contributed by atoms with Crippen molar-refractivity contribution in [2.75, 3.05) is 6.54 Å². The molecular weight excluding hydrogens is 142 g/mol. The third-order valence-corrected chi connectivity index (χ3v) is 1.52. The third kappa shape index (κ3) is 5.58. The Hall–Kier alpha value is -0.860. The molecule has 0 heterocycles. The van der Waals surface area contributed by atoms with Gasteiger partial charge in [-0.2, -0.15) is 0 Å². The summed E-state index contributed by atoms with van der Waals surface area (Å²) in [6.07, 6.45) is 1.82. The molecule has 3 heteroatoms. The maximum Gasteiger partial charge on any atom is 0.207 e. The highest BCUT2D eigenvalue weighted by molar-refractivity contribution is 5.78. The minimum atomic E-state index is 0.255. The normalized spacial score (nSPS) is 12.2.